The minimum atomic E-state index is -4.50. The molecule has 0 saturated heterocycles. The van der Waals surface area contributed by atoms with Crippen molar-refractivity contribution in [3.8, 4) is 0 Å². The molecule has 0 aliphatic carbocycles. The fourth-order valence-corrected chi connectivity index (χ4v) is 1.01. The first kappa shape index (κ1) is 17.9. The predicted molar refractivity (Wildman–Crippen MR) is 53.3 cm³/mol. The third kappa shape index (κ3) is 3.48. The molecule has 0 saturated carbocycles. The molecule has 0 aliphatic rings. The second kappa shape index (κ2) is 5.92. The van der Waals surface area contributed by atoms with Crippen molar-refractivity contribution in [3.63, 3.8) is 0 Å². The topological polar surface area (TPSA) is 193 Å². The molecule has 0 N–H and O–H groups in total. The number of amides is 1. The predicted octanol–water partition coefficient (Wildman–Crippen LogP) is -1.20. The smallest absolute Gasteiger partial charge is 0.311 e. The highest BCUT2D eigenvalue weighted by Crippen LogP contribution is 2.19. The van der Waals surface area contributed by atoms with E-state index in [1.54, 1.807) is 0 Å². The Balaban J connectivity index is 5.42. The van der Waals surface area contributed by atoms with E-state index >= 15 is 0 Å². The molecule has 0 unspecified atom stereocenters. The number of carbonyl (C=O) groups excluding carboxylic acids is 1. The lowest BCUT2D eigenvalue weighted by molar-refractivity contribution is -0.836. The number of nitrogens with zero attached hydrogens (tertiary/aromatic N) is 5. The summed E-state index contributed by atoms with van der Waals surface area (Å²) in [5.74, 6) is -9.01. The van der Waals surface area contributed by atoms with Crippen molar-refractivity contribution in [2.45, 2.75) is 11.8 Å². The average Bonchev–Trinajstić information content (AvgIpc) is 2.36. The van der Waals surface area contributed by atoms with Crippen LogP contribution in [-0.4, -0.2) is 55.9 Å². The molecule has 0 heterocycles. The number of nitro groups is 4. The van der Waals surface area contributed by atoms with Gasteiger partial charge in [-0.2, -0.15) is 0 Å². The molecule has 0 spiro atoms. The molecule has 0 aromatic carbocycles. The lowest BCUT2D eigenvalue weighted by Crippen LogP contribution is -2.56. The first-order valence-corrected chi connectivity index (χ1v) is 4.57. The van der Waals surface area contributed by atoms with Crippen LogP contribution >= 0.6 is 0 Å². The van der Waals surface area contributed by atoms with E-state index < -0.39 is 55.9 Å². The van der Waals surface area contributed by atoms with Crippen molar-refractivity contribution in [2.24, 2.45) is 0 Å². The summed E-state index contributed by atoms with van der Waals surface area (Å²) in [6.07, 6.45) is -0.636. The van der Waals surface area contributed by atoms with Gasteiger partial charge in [-0.1, -0.05) is 8.78 Å². The van der Waals surface area contributed by atoms with Crippen molar-refractivity contribution in [1.82, 2.24) is 4.90 Å². The van der Waals surface area contributed by atoms with Crippen LogP contribution in [0.3, 0.4) is 0 Å². The van der Waals surface area contributed by atoms with Crippen LogP contribution in [0.5, 0.6) is 0 Å². The minimum absolute atomic E-state index is 0.489. The van der Waals surface area contributed by atoms with Gasteiger partial charge in [0.05, 0.1) is 0 Å². The molecule has 14 nitrogen and oxygen atoms in total. The molecule has 0 radical (unpaired) electrons. The maximum atomic E-state index is 13.4. The van der Waals surface area contributed by atoms with Gasteiger partial charge in [-0.25, -0.2) is 0 Å². The Labute approximate surface area is 111 Å². The molecule has 0 rings (SSSR count). The van der Waals surface area contributed by atoms with Gasteiger partial charge in [-0.15, -0.1) is 0 Å². The van der Waals surface area contributed by atoms with Crippen LogP contribution in [0.2, 0.25) is 0 Å². The third-order valence-electron chi connectivity index (χ3n) is 2.08. The molecular formula is C5H5F2N5O9. The van der Waals surface area contributed by atoms with Crippen LogP contribution in [0.15, 0.2) is 0 Å². The van der Waals surface area contributed by atoms with Gasteiger partial charge in [-0.3, -0.25) is 45.3 Å². The lowest BCUT2D eigenvalue weighted by atomic mass is 10.3. The second-order valence-electron chi connectivity index (χ2n) is 3.48. The SMILES string of the molecule is O=CN(CC(F)([N+](=O)[O-])[N+](=O)[O-])CC(F)([N+](=O)[O-])[N+](=O)[O-]. The highest BCUT2D eigenvalue weighted by atomic mass is 19.2. The Kier molecular flexibility index (Phi) is 5.06. The first-order chi connectivity index (χ1) is 9.41. The summed E-state index contributed by atoms with van der Waals surface area (Å²) in [5.41, 5.74) is 0. The van der Waals surface area contributed by atoms with Gasteiger partial charge in [-0.05, 0) is 0 Å². The largest absolute Gasteiger partial charge is 0.631 e. The van der Waals surface area contributed by atoms with Gasteiger partial charge in [0.15, 0.2) is 0 Å². The number of hydrogen-bond donors (Lipinski definition) is 0. The molecule has 16 heteroatoms. The van der Waals surface area contributed by atoms with E-state index in [4.69, 9.17) is 0 Å². The van der Waals surface area contributed by atoms with Gasteiger partial charge in [0.2, 0.25) is 19.5 Å². The van der Waals surface area contributed by atoms with E-state index in [2.05, 4.69) is 0 Å². The molecule has 21 heavy (non-hydrogen) atoms. The molecule has 0 aromatic rings. The summed E-state index contributed by atoms with van der Waals surface area (Å²) in [7, 11) is 0. The van der Waals surface area contributed by atoms with Gasteiger partial charge in [0.1, 0.15) is 19.7 Å². The van der Waals surface area contributed by atoms with Gasteiger partial charge in [0.25, 0.3) is 0 Å². The Bertz CT molecular complexity index is 429. The number of hydrogen-bond acceptors (Lipinski definition) is 9. The number of alkyl halides is 2. The highest BCUT2D eigenvalue weighted by Gasteiger charge is 2.64. The van der Waals surface area contributed by atoms with E-state index in [1.165, 1.54) is 0 Å². The summed E-state index contributed by atoms with van der Waals surface area (Å²) in [4.78, 5) is 42.6. The van der Waals surface area contributed by atoms with Crippen LogP contribution in [0.1, 0.15) is 0 Å². The van der Waals surface area contributed by atoms with Crippen LogP contribution in [0, 0.1) is 40.5 Å². The van der Waals surface area contributed by atoms with Crippen molar-refractivity contribution in [2.75, 3.05) is 13.1 Å². The zero-order valence-electron chi connectivity index (χ0n) is 9.66. The third-order valence-corrected chi connectivity index (χ3v) is 2.08. The maximum Gasteiger partial charge on any atom is 0.631 e. The summed E-state index contributed by atoms with van der Waals surface area (Å²) in [6, 6.07) is 0. The fourth-order valence-electron chi connectivity index (χ4n) is 1.01. The van der Waals surface area contributed by atoms with Crippen LogP contribution in [0.4, 0.5) is 8.78 Å². The van der Waals surface area contributed by atoms with Gasteiger partial charge < -0.3 is 4.90 Å². The Morgan fingerprint density at radius 3 is 1.19 bits per heavy atom. The van der Waals surface area contributed by atoms with E-state index in [9.17, 15) is 54.0 Å². The standard InChI is InChI=1S/C5H5F2N5O9/c6-4(9(14)15,10(16)17)1-8(3-13)2-5(7,11(18)19)12(20)21/h3H,1-2H2. The number of rotatable bonds is 9. The zero-order valence-corrected chi connectivity index (χ0v) is 9.66. The molecule has 0 bridgehead atoms. The Morgan fingerprint density at radius 1 is 0.810 bits per heavy atom. The van der Waals surface area contributed by atoms with E-state index in [0.29, 0.717) is 0 Å². The molecule has 0 fully saturated rings. The summed E-state index contributed by atoms with van der Waals surface area (Å²) in [5, 5.41) is 40.9. The average molecular weight is 317 g/mol. The lowest BCUT2D eigenvalue weighted by Gasteiger charge is -2.18. The normalized spacial score (nSPS) is 11.5. The molecule has 0 atom stereocenters. The molecule has 0 aliphatic heterocycles. The van der Waals surface area contributed by atoms with Gasteiger partial charge in [0, 0.05) is 0 Å². The van der Waals surface area contributed by atoms with Crippen LogP contribution in [-0.2, 0) is 4.79 Å². The van der Waals surface area contributed by atoms with Crippen molar-refractivity contribution < 1.29 is 33.3 Å². The van der Waals surface area contributed by atoms with Crippen LogP contribution in [0.25, 0.3) is 0 Å². The fraction of sp³-hybridized carbons (Fsp3) is 0.800. The van der Waals surface area contributed by atoms with Crippen molar-refractivity contribution in [3.05, 3.63) is 40.5 Å². The Morgan fingerprint density at radius 2 is 1.05 bits per heavy atom. The van der Waals surface area contributed by atoms with Crippen molar-refractivity contribution in [1.29, 1.82) is 0 Å². The summed E-state index contributed by atoms with van der Waals surface area (Å²) < 4.78 is 26.8. The number of halogens is 2. The molecular weight excluding hydrogens is 312 g/mol. The van der Waals surface area contributed by atoms with Gasteiger partial charge >= 0.3 is 11.8 Å². The molecule has 1 amide bonds. The molecule has 118 valence electrons. The second-order valence-corrected chi connectivity index (χ2v) is 3.48. The van der Waals surface area contributed by atoms with Crippen molar-refractivity contribution >= 4 is 6.41 Å². The maximum absolute atomic E-state index is 13.4. The summed E-state index contributed by atoms with van der Waals surface area (Å²) in [6.45, 7) is -4.13. The van der Waals surface area contributed by atoms with E-state index in [1.807, 2.05) is 0 Å². The Hall–Kier alpha value is -3.07. The zero-order chi connectivity index (χ0) is 17.0. The first-order valence-electron chi connectivity index (χ1n) is 4.57. The highest BCUT2D eigenvalue weighted by molar-refractivity contribution is 5.47. The van der Waals surface area contributed by atoms with E-state index in [0.717, 1.165) is 0 Å². The van der Waals surface area contributed by atoms with E-state index in [-0.39, 0.29) is 0 Å². The monoisotopic (exact) mass is 317 g/mol. The number of carbonyl (C=O) groups is 1. The minimum Gasteiger partial charge on any atom is -0.311 e. The quantitative estimate of drug-likeness (QED) is 0.165. The summed E-state index contributed by atoms with van der Waals surface area (Å²) >= 11 is 0. The van der Waals surface area contributed by atoms with Crippen LogP contribution < -0.4 is 0 Å². The molecule has 0 aromatic heterocycles.